The number of nitrogens with zero attached hydrogens (tertiary/aromatic N) is 2. The summed E-state index contributed by atoms with van der Waals surface area (Å²) >= 11 is 0. The first-order chi connectivity index (χ1) is 8.28. The molecule has 0 spiro atoms. The Balaban J connectivity index is 1.52. The van der Waals surface area contributed by atoms with Crippen molar-refractivity contribution in [2.75, 3.05) is 45.8 Å². The second kappa shape index (κ2) is 6.72. The first-order valence-electron chi connectivity index (χ1n) is 7.46. The molecule has 2 rings (SSSR count). The molecular formula is C14H29N3. The molecule has 1 saturated carbocycles. The smallest absolute Gasteiger partial charge is 0.0110 e. The average molecular weight is 239 g/mol. The van der Waals surface area contributed by atoms with Gasteiger partial charge in [0.1, 0.15) is 0 Å². The van der Waals surface area contributed by atoms with Crippen LogP contribution in [0.4, 0.5) is 0 Å². The molecule has 2 aliphatic rings. The summed E-state index contributed by atoms with van der Waals surface area (Å²) in [6, 6.07) is 0.672. The SMILES string of the molecule is CCC(C)NCCN1CCN(CC2CC2)CC1. The molecule has 1 saturated heterocycles. The molecule has 100 valence electrons. The fraction of sp³-hybridized carbons (Fsp3) is 1.00. The third-order valence-corrected chi connectivity index (χ3v) is 4.21. The molecule has 3 nitrogen and oxygen atoms in total. The third-order valence-electron chi connectivity index (χ3n) is 4.21. The number of piperazine rings is 1. The van der Waals surface area contributed by atoms with Gasteiger partial charge in [0.2, 0.25) is 0 Å². The highest BCUT2D eigenvalue weighted by Crippen LogP contribution is 2.29. The molecule has 2 fully saturated rings. The fourth-order valence-electron chi connectivity index (χ4n) is 2.47. The second-order valence-electron chi connectivity index (χ2n) is 5.85. The lowest BCUT2D eigenvalue weighted by molar-refractivity contribution is 0.128. The standard InChI is InChI=1S/C14H29N3/c1-3-13(2)15-6-7-16-8-10-17(11-9-16)12-14-4-5-14/h13-15H,3-12H2,1-2H3. The molecule has 0 radical (unpaired) electrons. The minimum absolute atomic E-state index is 0.672. The van der Waals surface area contributed by atoms with Gasteiger partial charge in [0, 0.05) is 51.9 Å². The zero-order valence-corrected chi connectivity index (χ0v) is 11.6. The van der Waals surface area contributed by atoms with Crippen LogP contribution in [-0.4, -0.2) is 61.7 Å². The second-order valence-corrected chi connectivity index (χ2v) is 5.85. The van der Waals surface area contributed by atoms with Crippen LogP contribution < -0.4 is 5.32 Å². The molecule has 1 N–H and O–H groups in total. The molecular weight excluding hydrogens is 210 g/mol. The Morgan fingerprint density at radius 3 is 2.35 bits per heavy atom. The van der Waals surface area contributed by atoms with Gasteiger partial charge in [-0.25, -0.2) is 0 Å². The summed E-state index contributed by atoms with van der Waals surface area (Å²) in [5.41, 5.74) is 0. The van der Waals surface area contributed by atoms with Crippen molar-refractivity contribution < 1.29 is 0 Å². The maximum Gasteiger partial charge on any atom is 0.0110 e. The minimum atomic E-state index is 0.672. The van der Waals surface area contributed by atoms with Gasteiger partial charge >= 0.3 is 0 Å². The van der Waals surface area contributed by atoms with Crippen LogP contribution in [0.1, 0.15) is 33.1 Å². The summed E-state index contributed by atoms with van der Waals surface area (Å²) < 4.78 is 0. The van der Waals surface area contributed by atoms with E-state index >= 15 is 0 Å². The van der Waals surface area contributed by atoms with E-state index in [0.717, 1.165) is 12.5 Å². The van der Waals surface area contributed by atoms with Crippen molar-refractivity contribution in [3.8, 4) is 0 Å². The molecule has 1 aliphatic heterocycles. The van der Waals surface area contributed by atoms with Gasteiger partial charge in [0.15, 0.2) is 0 Å². The molecule has 0 amide bonds. The Kier molecular flexibility index (Phi) is 5.26. The Labute approximate surface area is 107 Å². The first-order valence-corrected chi connectivity index (χ1v) is 7.46. The van der Waals surface area contributed by atoms with Crippen molar-refractivity contribution in [2.24, 2.45) is 5.92 Å². The lowest BCUT2D eigenvalue weighted by Crippen LogP contribution is -2.48. The lowest BCUT2D eigenvalue weighted by Gasteiger charge is -2.35. The van der Waals surface area contributed by atoms with E-state index in [1.165, 1.54) is 58.5 Å². The molecule has 1 aliphatic carbocycles. The Morgan fingerprint density at radius 1 is 1.12 bits per heavy atom. The topological polar surface area (TPSA) is 18.5 Å². The summed E-state index contributed by atoms with van der Waals surface area (Å²) in [5, 5.41) is 3.58. The monoisotopic (exact) mass is 239 g/mol. The largest absolute Gasteiger partial charge is 0.313 e. The van der Waals surface area contributed by atoms with Gasteiger partial charge < -0.3 is 10.2 Å². The van der Waals surface area contributed by atoms with E-state index in [1.54, 1.807) is 0 Å². The normalized spacial score (nSPS) is 25.1. The van der Waals surface area contributed by atoms with Gasteiger partial charge in [-0.1, -0.05) is 6.92 Å². The van der Waals surface area contributed by atoms with Crippen LogP contribution in [0.25, 0.3) is 0 Å². The van der Waals surface area contributed by atoms with E-state index < -0.39 is 0 Å². The summed E-state index contributed by atoms with van der Waals surface area (Å²) in [7, 11) is 0. The van der Waals surface area contributed by atoms with E-state index in [-0.39, 0.29) is 0 Å². The summed E-state index contributed by atoms with van der Waals surface area (Å²) in [5.74, 6) is 1.05. The number of nitrogens with one attached hydrogen (secondary N) is 1. The molecule has 1 unspecified atom stereocenters. The molecule has 17 heavy (non-hydrogen) atoms. The number of hydrogen-bond acceptors (Lipinski definition) is 3. The van der Waals surface area contributed by atoms with Crippen molar-refractivity contribution in [3.05, 3.63) is 0 Å². The summed E-state index contributed by atoms with van der Waals surface area (Å²) in [6.45, 7) is 13.4. The highest BCUT2D eigenvalue weighted by Gasteiger charge is 2.26. The van der Waals surface area contributed by atoms with Crippen molar-refractivity contribution in [3.63, 3.8) is 0 Å². The van der Waals surface area contributed by atoms with Crippen LogP contribution in [0, 0.1) is 5.92 Å². The van der Waals surface area contributed by atoms with Crippen molar-refractivity contribution >= 4 is 0 Å². The summed E-state index contributed by atoms with van der Waals surface area (Å²) in [6.07, 6.45) is 4.20. The molecule has 3 heteroatoms. The fourth-order valence-corrected chi connectivity index (χ4v) is 2.47. The maximum atomic E-state index is 3.58. The molecule has 0 aromatic carbocycles. The van der Waals surface area contributed by atoms with Gasteiger partial charge in [0.25, 0.3) is 0 Å². The van der Waals surface area contributed by atoms with Crippen molar-refractivity contribution in [2.45, 2.75) is 39.2 Å². The van der Waals surface area contributed by atoms with E-state index in [0.29, 0.717) is 6.04 Å². The minimum Gasteiger partial charge on any atom is -0.313 e. The highest BCUT2D eigenvalue weighted by molar-refractivity contribution is 4.80. The molecule has 0 bridgehead atoms. The van der Waals surface area contributed by atoms with E-state index in [9.17, 15) is 0 Å². The van der Waals surface area contributed by atoms with Gasteiger partial charge in [-0.2, -0.15) is 0 Å². The average Bonchev–Trinajstić information content (AvgIpc) is 3.15. The zero-order chi connectivity index (χ0) is 12.1. The van der Waals surface area contributed by atoms with Crippen LogP contribution in [-0.2, 0) is 0 Å². The molecule has 1 atom stereocenters. The van der Waals surface area contributed by atoms with Crippen molar-refractivity contribution in [1.82, 2.24) is 15.1 Å². The predicted molar refractivity (Wildman–Crippen MR) is 73.4 cm³/mol. The Hall–Kier alpha value is -0.120. The van der Waals surface area contributed by atoms with Gasteiger partial charge in [-0.05, 0) is 32.1 Å². The van der Waals surface area contributed by atoms with E-state index in [2.05, 4.69) is 29.0 Å². The molecule has 1 heterocycles. The first kappa shape index (κ1) is 13.3. The highest BCUT2D eigenvalue weighted by atomic mass is 15.3. The Morgan fingerprint density at radius 2 is 1.76 bits per heavy atom. The van der Waals surface area contributed by atoms with Crippen LogP contribution in [0.15, 0.2) is 0 Å². The third kappa shape index (κ3) is 4.94. The summed E-state index contributed by atoms with van der Waals surface area (Å²) in [4.78, 5) is 5.27. The van der Waals surface area contributed by atoms with Crippen molar-refractivity contribution in [1.29, 1.82) is 0 Å². The van der Waals surface area contributed by atoms with Crippen LogP contribution in [0.5, 0.6) is 0 Å². The maximum absolute atomic E-state index is 3.58. The molecule has 0 aromatic heterocycles. The Bertz CT molecular complexity index is 208. The van der Waals surface area contributed by atoms with Gasteiger partial charge in [-0.15, -0.1) is 0 Å². The molecule has 0 aromatic rings. The van der Waals surface area contributed by atoms with Crippen LogP contribution in [0.3, 0.4) is 0 Å². The number of rotatable bonds is 7. The number of hydrogen-bond donors (Lipinski definition) is 1. The quantitative estimate of drug-likeness (QED) is 0.724. The lowest BCUT2D eigenvalue weighted by atomic mass is 10.2. The van der Waals surface area contributed by atoms with E-state index in [1.807, 2.05) is 0 Å². The van der Waals surface area contributed by atoms with E-state index in [4.69, 9.17) is 0 Å². The van der Waals surface area contributed by atoms with Crippen LogP contribution >= 0.6 is 0 Å². The van der Waals surface area contributed by atoms with Gasteiger partial charge in [-0.3, -0.25) is 4.90 Å². The van der Waals surface area contributed by atoms with Gasteiger partial charge in [0.05, 0.1) is 0 Å². The predicted octanol–water partition coefficient (Wildman–Crippen LogP) is 1.40. The zero-order valence-electron chi connectivity index (χ0n) is 11.6. The van der Waals surface area contributed by atoms with Crippen LogP contribution in [0.2, 0.25) is 0 Å².